The van der Waals surface area contributed by atoms with E-state index in [1.165, 1.54) is 13.5 Å². The molecule has 1 aromatic rings. The fourth-order valence-electron chi connectivity index (χ4n) is 5.05. The molecule has 304 valence electrons. The number of rotatable bonds is 32. The number of carbonyl (C=O) groups is 2. The van der Waals surface area contributed by atoms with Gasteiger partial charge < -0.3 is 42.8 Å². The molecule has 0 aliphatic rings. The Balaban J connectivity index is 2.17. The van der Waals surface area contributed by atoms with Crippen molar-refractivity contribution in [3.05, 3.63) is 35.9 Å². The SMILES string of the molecule is CCCCC/C=C/CC(CC(=O)OCCOCCOCCOCCOCCOC(COC(C)(C)C)CN(CC)c1ccc(N=NC)c(C)c1)C(=O)OC. The minimum atomic E-state index is -0.550. The first-order valence-corrected chi connectivity index (χ1v) is 19.1. The van der Waals surface area contributed by atoms with Gasteiger partial charge in [0.05, 0.1) is 103 Å². The highest BCUT2D eigenvalue weighted by atomic mass is 16.6. The zero-order valence-corrected chi connectivity index (χ0v) is 33.9. The van der Waals surface area contributed by atoms with Gasteiger partial charge in [0, 0.05) is 25.8 Å². The average molecular weight is 752 g/mol. The molecule has 0 radical (unpaired) electrons. The number of unbranched alkanes of at least 4 members (excludes halogenated alkanes) is 3. The number of azo groups is 1. The molecule has 0 aliphatic carbocycles. The minimum Gasteiger partial charge on any atom is -0.469 e. The summed E-state index contributed by atoms with van der Waals surface area (Å²) < 4.78 is 44.7. The van der Waals surface area contributed by atoms with Gasteiger partial charge in [-0.1, -0.05) is 31.9 Å². The van der Waals surface area contributed by atoms with Gasteiger partial charge in [-0.25, -0.2) is 0 Å². The van der Waals surface area contributed by atoms with Crippen LogP contribution in [0, 0.1) is 12.8 Å². The molecule has 0 saturated heterocycles. The van der Waals surface area contributed by atoms with E-state index in [4.69, 9.17) is 37.9 Å². The van der Waals surface area contributed by atoms with E-state index in [1.54, 1.807) is 7.05 Å². The third-order valence-electron chi connectivity index (χ3n) is 7.96. The molecule has 0 fully saturated rings. The number of anilines is 1. The fraction of sp³-hybridized carbons (Fsp3) is 0.750. The van der Waals surface area contributed by atoms with Crippen LogP contribution in [0.2, 0.25) is 0 Å². The maximum atomic E-state index is 12.2. The first-order valence-electron chi connectivity index (χ1n) is 19.1. The van der Waals surface area contributed by atoms with Gasteiger partial charge in [0.2, 0.25) is 0 Å². The summed E-state index contributed by atoms with van der Waals surface area (Å²) >= 11 is 0. The van der Waals surface area contributed by atoms with Crippen LogP contribution >= 0.6 is 0 Å². The Labute approximate surface area is 319 Å². The summed E-state index contributed by atoms with van der Waals surface area (Å²) in [6.07, 6.45) is 8.71. The molecule has 1 aromatic carbocycles. The summed E-state index contributed by atoms with van der Waals surface area (Å²) in [5.74, 6) is -1.41. The van der Waals surface area contributed by atoms with Crippen LogP contribution in [0.4, 0.5) is 11.4 Å². The van der Waals surface area contributed by atoms with Gasteiger partial charge in [-0.15, -0.1) is 0 Å². The summed E-state index contributed by atoms with van der Waals surface area (Å²) in [4.78, 5) is 26.5. The highest BCUT2D eigenvalue weighted by molar-refractivity contribution is 5.80. The standard InChI is InChI=1S/C40H69N3O10/c1-9-11-12-13-14-15-16-34(39(45)46-8)30-38(44)52-28-26-50-24-22-48-20-19-47-21-23-49-25-27-51-36(32-53-40(4,5)6)31-43(10-2)35-17-18-37(42-41-7)33(3)29-35/h14-15,17-18,29,34,36H,9-13,16,19-28,30-32H2,1-8H3/b15-14+,42-41?. The Morgan fingerprint density at radius 2 is 1.49 bits per heavy atom. The van der Waals surface area contributed by atoms with Gasteiger partial charge in [-0.2, -0.15) is 10.2 Å². The number of ether oxygens (including phenoxy) is 8. The third-order valence-corrected chi connectivity index (χ3v) is 7.96. The topological polar surface area (TPSA) is 136 Å². The zero-order valence-electron chi connectivity index (χ0n) is 33.9. The predicted molar refractivity (Wildman–Crippen MR) is 207 cm³/mol. The van der Waals surface area contributed by atoms with Crippen molar-refractivity contribution in [2.24, 2.45) is 16.1 Å². The Morgan fingerprint density at radius 3 is 2.04 bits per heavy atom. The summed E-state index contributed by atoms with van der Waals surface area (Å²) in [7, 11) is 3.00. The lowest BCUT2D eigenvalue weighted by Crippen LogP contribution is -2.39. The Morgan fingerprint density at radius 1 is 0.868 bits per heavy atom. The zero-order chi connectivity index (χ0) is 39.2. The Kier molecular flexibility index (Phi) is 27.6. The summed E-state index contributed by atoms with van der Waals surface area (Å²) in [6, 6.07) is 6.18. The molecule has 1 rings (SSSR count). The Hall–Kier alpha value is -2.94. The molecular weight excluding hydrogens is 682 g/mol. The van der Waals surface area contributed by atoms with E-state index < -0.39 is 17.9 Å². The molecule has 13 heteroatoms. The van der Waals surface area contributed by atoms with Crippen molar-refractivity contribution in [3.8, 4) is 0 Å². The molecule has 0 bridgehead atoms. The van der Waals surface area contributed by atoms with Crippen LogP contribution in [-0.4, -0.2) is 124 Å². The second-order valence-corrected chi connectivity index (χ2v) is 13.5. The van der Waals surface area contributed by atoms with E-state index in [0.717, 1.165) is 42.7 Å². The monoisotopic (exact) mass is 751 g/mol. The molecule has 0 saturated carbocycles. The first kappa shape index (κ1) is 48.1. The molecule has 0 aliphatic heterocycles. The molecule has 0 spiro atoms. The maximum Gasteiger partial charge on any atom is 0.309 e. The van der Waals surface area contributed by atoms with Gasteiger partial charge in [-0.3, -0.25) is 9.59 Å². The van der Waals surface area contributed by atoms with Crippen LogP contribution in [0.1, 0.15) is 78.7 Å². The average Bonchev–Trinajstić information content (AvgIpc) is 3.13. The number of benzene rings is 1. The number of hydrogen-bond donors (Lipinski definition) is 0. The van der Waals surface area contributed by atoms with E-state index in [0.29, 0.717) is 72.4 Å². The van der Waals surface area contributed by atoms with E-state index >= 15 is 0 Å². The first-order chi connectivity index (χ1) is 25.5. The minimum absolute atomic E-state index is 0.0239. The van der Waals surface area contributed by atoms with Crippen LogP contribution in [0.5, 0.6) is 0 Å². The molecule has 0 N–H and O–H groups in total. The van der Waals surface area contributed by atoms with Crippen LogP contribution in [-0.2, 0) is 47.5 Å². The number of carbonyl (C=O) groups excluding carboxylic acids is 2. The van der Waals surface area contributed by atoms with Crippen molar-refractivity contribution in [2.75, 3.05) is 105 Å². The molecule has 13 nitrogen and oxygen atoms in total. The molecule has 0 aromatic heterocycles. The summed E-state index contributed by atoms with van der Waals surface area (Å²) in [6.45, 7) is 18.2. The van der Waals surface area contributed by atoms with Gasteiger partial charge in [0.15, 0.2) is 0 Å². The smallest absolute Gasteiger partial charge is 0.309 e. The Bertz CT molecular complexity index is 1160. The van der Waals surface area contributed by atoms with Crippen molar-refractivity contribution in [1.29, 1.82) is 0 Å². The lowest BCUT2D eigenvalue weighted by molar-refractivity contribution is -0.154. The number of likely N-dealkylation sites (N-methyl/N-ethyl adjacent to an activating group) is 1. The van der Waals surface area contributed by atoms with Crippen LogP contribution in [0.15, 0.2) is 40.6 Å². The lowest BCUT2D eigenvalue weighted by atomic mass is 10.0. The van der Waals surface area contributed by atoms with Crippen molar-refractivity contribution in [2.45, 2.75) is 91.8 Å². The highest BCUT2D eigenvalue weighted by Gasteiger charge is 2.22. The second-order valence-electron chi connectivity index (χ2n) is 13.5. The van der Waals surface area contributed by atoms with Gasteiger partial charge in [-0.05, 0) is 77.6 Å². The van der Waals surface area contributed by atoms with Crippen LogP contribution in [0.3, 0.4) is 0 Å². The third kappa shape index (κ3) is 24.9. The lowest BCUT2D eigenvalue weighted by Gasteiger charge is -2.31. The second kappa shape index (κ2) is 30.4. The largest absolute Gasteiger partial charge is 0.469 e. The quantitative estimate of drug-likeness (QED) is 0.0324. The normalized spacial score (nSPS) is 13.1. The predicted octanol–water partition coefficient (Wildman–Crippen LogP) is 7.05. The van der Waals surface area contributed by atoms with E-state index in [1.807, 2.05) is 39.8 Å². The van der Waals surface area contributed by atoms with Crippen molar-refractivity contribution in [3.63, 3.8) is 0 Å². The highest BCUT2D eigenvalue weighted by Crippen LogP contribution is 2.25. The van der Waals surface area contributed by atoms with Crippen LogP contribution in [0.25, 0.3) is 0 Å². The van der Waals surface area contributed by atoms with E-state index in [-0.39, 0.29) is 31.3 Å². The van der Waals surface area contributed by atoms with Crippen molar-refractivity contribution in [1.82, 2.24) is 0 Å². The number of nitrogens with zero attached hydrogens (tertiary/aromatic N) is 3. The molecule has 2 unspecified atom stereocenters. The molecular formula is C40H69N3O10. The fourth-order valence-corrected chi connectivity index (χ4v) is 5.05. The van der Waals surface area contributed by atoms with E-state index in [2.05, 4.69) is 47.2 Å². The van der Waals surface area contributed by atoms with Crippen molar-refractivity contribution < 1.29 is 47.5 Å². The molecule has 53 heavy (non-hydrogen) atoms. The number of methoxy groups -OCH3 is 1. The van der Waals surface area contributed by atoms with Crippen molar-refractivity contribution >= 4 is 23.3 Å². The van der Waals surface area contributed by atoms with Gasteiger partial charge in [0.25, 0.3) is 0 Å². The number of hydrogen-bond acceptors (Lipinski definition) is 13. The van der Waals surface area contributed by atoms with Gasteiger partial charge in [0.1, 0.15) is 6.61 Å². The van der Waals surface area contributed by atoms with Gasteiger partial charge >= 0.3 is 11.9 Å². The maximum absolute atomic E-state index is 12.2. The number of esters is 2. The van der Waals surface area contributed by atoms with E-state index in [9.17, 15) is 9.59 Å². The summed E-state index contributed by atoms with van der Waals surface area (Å²) in [5.41, 5.74) is 2.77. The number of aryl methyl sites for hydroxylation is 1. The number of allylic oxidation sites excluding steroid dienone is 2. The van der Waals surface area contributed by atoms with Crippen LogP contribution < -0.4 is 4.90 Å². The summed E-state index contributed by atoms with van der Waals surface area (Å²) in [5, 5.41) is 8.08. The molecule has 0 amide bonds. The molecule has 2 atom stereocenters. The molecule has 0 heterocycles.